The standard InChI is InChI=1S/C14H17F2NO2/c1-17-8-7-12(14(15,16)10-17)13(18)19-9-11-5-3-2-4-6-11/h2-6,12H,7-10H2,1H3. The fraction of sp³-hybridized carbons (Fsp3) is 0.500. The van der Waals surface area contributed by atoms with Crippen LogP contribution >= 0.6 is 0 Å². The minimum atomic E-state index is -3.01. The summed E-state index contributed by atoms with van der Waals surface area (Å²) in [6.45, 7) is 0.140. The molecule has 2 rings (SSSR count). The molecule has 0 N–H and O–H groups in total. The van der Waals surface area contributed by atoms with Crippen LogP contribution in [0.3, 0.4) is 0 Å². The van der Waals surface area contributed by atoms with Crippen molar-refractivity contribution in [3.63, 3.8) is 0 Å². The number of halogens is 2. The maximum Gasteiger partial charge on any atom is 0.315 e. The van der Waals surface area contributed by atoms with Crippen molar-refractivity contribution in [1.29, 1.82) is 0 Å². The van der Waals surface area contributed by atoms with Gasteiger partial charge in [-0.3, -0.25) is 4.79 Å². The lowest BCUT2D eigenvalue weighted by Gasteiger charge is -2.34. The Balaban J connectivity index is 1.93. The van der Waals surface area contributed by atoms with Gasteiger partial charge in [-0.2, -0.15) is 0 Å². The number of carbonyl (C=O) groups is 1. The highest BCUT2D eigenvalue weighted by atomic mass is 19.3. The van der Waals surface area contributed by atoms with Crippen LogP contribution < -0.4 is 0 Å². The highest BCUT2D eigenvalue weighted by Crippen LogP contribution is 2.33. The van der Waals surface area contributed by atoms with E-state index < -0.39 is 24.4 Å². The Labute approximate surface area is 111 Å². The molecule has 1 aliphatic heterocycles. The van der Waals surface area contributed by atoms with E-state index >= 15 is 0 Å². The summed E-state index contributed by atoms with van der Waals surface area (Å²) in [7, 11) is 1.62. The maximum atomic E-state index is 13.8. The van der Waals surface area contributed by atoms with Gasteiger partial charge in [0.15, 0.2) is 0 Å². The van der Waals surface area contributed by atoms with Gasteiger partial charge in [0.1, 0.15) is 12.5 Å². The van der Waals surface area contributed by atoms with Crippen molar-refractivity contribution in [2.24, 2.45) is 5.92 Å². The molecule has 0 saturated carbocycles. The van der Waals surface area contributed by atoms with Gasteiger partial charge in [-0.25, -0.2) is 8.78 Å². The second-order valence-corrected chi connectivity index (χ2v) is 4.93. The van der Waals surface area contributed by atoms with Crippen LogP contribution in [0.25, 0.3) is 0 Å². The second kappa shape index (κ2) is 5.65. The lowest BCUT2D eigenvalue weighted by molar-refractivity contribution is -0.173. The molecule has 1 aromatic carbocycles. The molecule has 1 atom stereocenters. The average Bonchev–Trinajstić information content (AvgIpc) is 2.36. The van der Waals surface area contributed by atoms with Gasteiger partial charge >= 0.3 is 5.97 Å². The zero-order valence-corrected chi connectivity index (χ0v) is 10.8. The van der Waals surface area contributed by atoms with E-state index in [9.17, 15) is 13.6 Å². The van der Waals surface area contributed by atoms with Crippen LogP contribution in [0.1, 0.15) is 12.0 Å². The van der Waals surface area contributed by atoms with Crippen LogP contribution in [-0.2, 0) is 16.1 Å². The number of carbonyl (C=O) groups excluding carboxylic acids is 1. The number of hydrogen-bond acceptors (Lipinski definition) is 3. The summed E-state index contributed by atoms with van der Waals surface area (Å²) < 4.78 is 32.5. The van der Waals surface area contributed by atoms with Gasteiger partial charge in [-0.1, -0.05) is 30.3 Å². The van der Waals surface area contributed by atoms with Gasteiger partial charge in [0.25, 0.3) is 5.92 Å². The van der Waals surface area contributed by atoms with Crippen molar-refractivity contribution in [2.75, 3.05) is 20.1 Å². The number of piperidine rings is 1. The average molecular weight is 269 g/mol. The predicted molar refractivity (Wildman–Crippen MR) is 66.8 cm³/mol. The zero-order chi connectivity index (χ0) is 13.9. The predicted octanol–water partition coefficient (Wildman–Crippen LogP) is 2.32. The molecule has 1 heterocycles. The molecule has 104 valence electrons. The summed E-state index contributed by atoms with van der Waals surface area (Å²) in [5.41, 5.74) is 0.798. The summed E-state index contributed by atoms with van der Waals surface area (Å²) in [5.74, 6) is -5.14. The summed E-state index contributed by atoms with van der Waals surface area (Å²) in [6.07, 6.45) is 0.136. The number of esters is 1. The molecule has 1 fully saturated rings. The van der Waals surface area contributed by atoms with Crippen LogP contribution in [0.5, 0.6) is 0 Å². The molecule has 19 heavy (non-hydrogen) atoms. The van der Waals surface area contributed by atoms with Crippen LogP contribution in [0.4, 0.5) is 8.78 Å². The third-order valence-corrected chi connectivity index (χ3v) is 3.30. The van der Waals surface area contributed by atoms with Crippen molar-refractivity contribution in [2.45, 2.75) is 19.0 Å². The van der Waals surface area contributed by atoms with Gasteiger partial charge in [-0.05, 0) is 25.6 Å². The Morgan fingerprint density at radius 2 is 2.11 bits per heavy atom. The van der Waals surface area contributed by atoms with Crippen LogP contribution in [-0.4, -0.2) is 36.9 Å². The molecule has 0 bridgehead atoms. The van der Waals surface area contributed by atoms with Gasteiger partial charge in [0.05, 0.1) is 6.54 Å². The first-order valence-electron chi connectivity index (χ1n) is 6.26. The minimum absolute atomic E-state index is 0.0437. The topological polar surface area (TPSA) is 29.5 Å². The van der Waals surface area contributed by atoms with Crippen molar-refractivity contribution in [3.05, 3.63) is 35.9 Å². The molecule has 0 spiro atoms. The smallest absolute Gasteiger partial charge is 0.315 e. The number of hydrogen-bond donors (Lipinski definition) is 0. The number of nitrogens with zero attached hydrogens (tertiary/aromatic N) is 1. The van der Waals surface area contributed by atoms with E-state index in [-0.39, 0.29) is 13.0 Å². The molecule has 3 nitrogen and oxygen atoms in total. The lowest BCUT2D eigenvalue weighted by Crippen LogP contribution is -2.50. The first-order valence-corrected chi connectivity index (χ1v) is 6.26. The Bertz CT molecular complexity index is 436. The molecule has 1 aliphatic rings. The van der Waals surface area contributed by atoms with Crippen LogP contribution in [0.2, 0.25) is 0 Å². The lowest BCUT2D eigenvalue weighted by atomic mass is 9.93. The molecule has 0 aliphatic carbocycles. The summed E-state index contributed by atoms with van der Waals surface area (Å²) in [5, 5.41) is 0. The number of alkyl halides is 2. The molecular weight excluding hydrogens is 252 g/mol. The summed E-state index contributed by atoms with van der Waals surface area (Å²) >= 11 is 0. The number of likely N-dealkylation sites (tertiary alicyclic amines) is 1. The fourth-order valence-electron chi connectivity index (χ4n) is 2.23. The summed E-state index contributed by atoms with van der Waals surface area (Å²) in [6, 6.07) is 9.05. The Kier molecular flexibility index (Phi) is 4.14. The molecule has 5 heteroatoms. The monoisotopic (exact) mass is 269 g/mol. The molecule has 0 aromatic heterocycles. The van der Waals surface area contributed by atoms with Crippen molar-refractivity contribution >= 4 is 5.97 Å². The van der Waals surface area contributed by atoms with E-state index in [4.69, 9.17) is 4.74 Å². The first-order chi connectivity index (χ1) is 8.99. The number of rotatable bonds is 3. The molecule has 1 saturated heterocycles. The van der Waals surface area contributed by atoms with E-state index in [1.54, 1.807) is 19.2 Å². The molecule has 0 amide bonds. The van der Waals surface area contributed by atoms with E-state index in [2.05, 4.69) is 0 Å². The third kappa shape index (κ3) is 3.50. The van der Waals surface area contributed by atoms with Gasteiger partial charge in [0.2, 0.25) is 0 Å². The van der Waals surface area contributed by atoms with Crippen molar-refractivity contribution in [3.8, 4) is 0 Å². The van der Waals surface area contributed by atoms with Crippen LogP contribution in [0.15, 0.2) is 30.3 Å². The largest absolute Gasteiger partial charge is 0.460 e. The third-order valence-electron chi connectivity index (χ3n) is 3.30. The normalized spacial score (nSPS) is 23.0. The Morgan fingerprint density at radius 3 is 2.74 bits per heavy atom. The Morgan fingerprint density at radius 1 is 1.42 bits per heavy atom. The van der Waals surface area contributed by atoms with Gasteiger partial charge in [-0.15, -0.1) is 0 Å². The van der Waals surface area contributed by atoms with E-state index in [1.165, 1.54) is 4.90 Å². The SMILES string of the molecule is CN1CCC(C(=O)OCc2ccccc2)C(F)(F)C1. The van der Waals surface area contributed by atoms with Gasteiger partial charge < -0.3 is 9.64 Å². The first kappa shape index (κ1) is 13.9. The molecular formula is C14H17F2NO2. The zero-order valence-electron chi connectivity index (χ0n) is 10.8. The molecule has 1 aromatic rings. The Hall–Kier alpha value is -1.49. The quantitative estimate of drug-likeness (QED) is 0.789. The van der Waals surface area contributed by atoms with E-state index in [0.29, 0.717) is 6.54 Å². The molecule has 0 radical (unpaired) electrons. The number of ether oxygens (including phenoxy) is 1. The fourth-order valence-corrected chi connectivity index (χ4v) is 2.23. The van der Waals surface area contributed by atoms with E-state index in [0.717, 1.165) is 5.56 Å². The van der Waals surface area contributed by atoms with Crippen LogP contribution in [0, 0.1) is 5.92 Å². The van der Waals surface area contributed by atoms with Crippen molar-refractivity contribution in [1.82, 2.24) is 4.90 Å². The van der Waals surface area contributed by atoms with Crippen molar-refractivity contribution < 1.29 is 18.3 Å². The maximum absolute atomic E-state index is 13.8. The second-order valence-electron chi connectivity index (χ2n) is 4.93. The number of benzene rings is 1. The minimum Gasteiger partial charge on any atom is -0.460 e. The van der Waals surface area contributed by atoms with Gasteiger partial charge in [0, 0.05) is 0 Å². The summed E-state index contributed by atoms with van der Waals surface area (Å²) in [4.78, 5) is 13.3. The highest BCUT2D eigenvalue weighted by molar-refractivity contribution is 5.73. The highest BCUT2D eigenvalue weighted by Gasteiger charge is 2.48. The van der Waals surface area contributed by atoms with E-state index in [1.807, 2.05) is 18.2 Å². The molecule has 1 unspecified atom stereocenters.